The molecule has 0 bridgehead atoms. The number of hydrogen-bond acceptors (Lipinski definition) is 5. The van der Waals surface area contributed by atoms with Crippen LogP contribution in [-0.4, -0.2) is 9.97 Å². The van der Waals surface area contributed by atoms with Gasteiger partial charge in [-0.15, -0.1) is 0 Å². The molecule has 0 saturated carbocycles. The predicted octanol–water partition coefficient (Wildman–Crippen LogP) is 3.87. The molecule has 2 rings (SSSR count). The minimum atomic E-state index is -0.157. The van der Waals surface area contributed by atoms with Gasteiger partial charge in [0.2, 0.25) is 0 Å². The van der Waals surface area contributed by atoms with E-state index in [9.17, 15) is 0 Å². The van der Waals surface area contributed by atoms with Crippen molar-refractivity contribution in [2.45, 2.75) is 33.1 Å². The molecule has 0 atom stereocenters. The molecule has 4 N–H and O–H groups in total. The summed E-state index contributed by atoms with van der Waals surface area (Å²) in [5, 5.41) is 3.32. The fraction of sp³-hybridized carbons (Fsp3) is 0.333. The highest BCUT2D eigenvalue weighted by Gasteiger charge is 2.19. The Morgan fingerprint density at radius 2 is 1.81 bits per heavy atom. The second-order valence-electron chi connectivity index (χ2n) is 5.89. The molecule has 0 aliphatic heterocycles. The fourth-order valence-electron chi connectivity index (χ4n) is 1.80. The van der Waals surface area contributed by atoms with Gasteiger partial charge in [0.15, 0.2) is 0 Å². The van der Waals surface area contributed by atoms with Gasteiger partial charge in [0.1, 0.15) is 17.5 Å². The van der Waals surface area contributed by atoms with E-state index in [1.54, 1.807) is 6.07 Å². The molecule has 1 aromatic carbocycles. The van der Waals surface area contributed by atoms with Crippen molar-refractivity contribution in [3.8, 4) is 0 Å². The van der Waals surface area contributed by atoms with Gasteiger partial charge in [-0.25, -0.2) is 15.8 Å². The summed E-state index contributed by atoms with van der Waals surface area (Å²) < 4.78 is 1.05. The highest BCUT2D eigenvalue weighted by Crippen LogP contribution is 2.28. The summed E-state index contributed by atoms with van der Waals surface area (Å²) in [5.74, 6) is 7.53. The molecule has 0 amide bonds. The lowest BCUT2D eigenvalue weighted by molar-refractivity contribution is 0.547. The van der Waals surface area contributed by atoms with E-state index < -0.39 is 0 Å². The van der Waals surface area contributed by atoms with Crippen LogP contribution >= 0.6 is 15.9 Å². The van der Waals surface area contributed by atoms with E-state index in [0.717, 1.165) is 21.5 Å². The Kier molecular flexibility index (Phi) is 4.49. The number of halogens is 1. The summed E-state index contributed by atoms with van der Waals surface area (Å²) in [6, 6.07) is 7.78. The zero-order valence-corrected chi connectivity index (χ0v) is 14.2. The maximum Gasteiger partial charge on any atom is 0.145 e. The molecule has 0 saturated heterocycles. The van der Waals surface area contributed by atoms with Gasteiger partial charge in [0.25, 0.3) is 0 Å². The number of benzene rings is 1. The monoisotopic (exact) mass is 349 g/mol. The first kappa shape index (κ1) is 15.7. The van der Waals surface area contributed by atoms with E-state index in [1.807, 2.05) is 25.1 Å². The highest BCUT2D eigenvalue weighted by molar-refractivity contribution is 9.10. The third-order valence-electron chi connectivity index (χ3n) is 3.08. The third kappa shape index (κ3) is 3.71. The molecule has 0 radical (unpaired) electrons. The molecule has 6 heteroatoms. The molecule has 0 aliphatic carbocycles. The van der Waals surface area contributed by atoms with Crippen molar-refractivity contribution in [1.29, 1.82) is 0 Å². The molecule has 0 aliphatic rings. The van der Waals surface area contributed by atoms with Crippen LogP contribution in [0.4, 0.5) is 17.3 Å². The van der Waals surface area contributed by atoms with E-state index in [1.165, 1.54) is 0 Å². The maximum atomic E-state index is 5.50. The Balaban J connectivity index is 2.42. The Morgan fingerprint density at radius 1 is 1.14 bits per heavy atom. The molecule has 5 nitrogen and oxygen atoms in total. The van der Waals surface area contributed by atoms with Gasteiger partial charge in [0, 0.05) is 21.6 Å². The van der Waals surface area contributed by atoms with Gasteiger partial charge in [-0.3, -0.25) is 0 Å². The molecule has 0 spiro atoms. The average molecular weight is 350 g/mol. The molecule has 2 aromatic rings. The van der Waals surface area contributed by atoms with Crippen molar-refractivity contribution < 1.29 is 0 Å². The van der Waals surface area contributed by atoms with Gasteiger partial charge in [-0.1, -0.05) is 42.8 Å². The number of hydrogen-bond donors (Lipinski definition) is 3. The number of nitrogen functional groups attached to an aromatic ring is 1. The van der Waals surface area contributed by atoms with E-state index in [0.29, 0.717) is 11.6 Å². The topological polar surface area (TPSA) is 75.9 Å². The molecule has 1 heterocycles. The van der Waals surface area contributed by atoms with Crippen LogP contribution in [0.5, 0.6) is 0 Å². The van der Waals surface area contributed by atoms with E-state index in [-0.39, 0.29) is 5.41 Å². The van der Waals surface area contributed by atoms with Crippen LogP contribution in [0, 0.1) is 6.92 Å². The summed E-state index contributed by atoms with van der Waals surface area (Å²) in [5.41, 5.74) is 4.55. The SMILES string of the molecule is Cc1c(Br)cccc1Nc1cc(NN)nc(C(C)(C)C)n1. The van der Waals surface area contributed by atoms with Gasteiger partial charge < -0.3 is 10.7 Å². The highest BCUT2D eigenvalue weighted by atomic mass is 79.9. The maximum absolute atomic E-state index is 5.50. The average Bonchev–Trinajstić information content (AvgIpc) is 2.42. The van der Waals surface area contributed by atoms with Gasteiger partial charge >= 0.3 is 0 Å². The smallest absolute Gasteiger partial charge is 0.145 e. The molecular formula is C15H20BrN5. The van der Waals surface area contributed by atoms with Gasteiger partial charge in [0.05, 0.1) is 0 Å². The van der Waals surface area contributed by atoms with Crippen LogP contribution in [0.15, 0.2) is 28.7 Å². The van der Waals surface area contributed by atoms with Gasteiger partial charge in [-0.05, 0) is 24.6 Å². The first-order valence-electron chi connectivity index (χ1n) is 6.69. The molecule has 0 fully saturated rings. The Hall–Kier alpha value is -1.66. The fourth-order valence-corrected chi connectivity index (χ4v) is 2.17. The summed E-state index contributed by atoms with van der Waals surface area (Å²) in [7, 11) is 0. The molecule has 21 heavy (non-hydrogen) atoms. The van der Waals surface area contributed by atoms with Crippen LogP contribution in [0.25, 0.3) is 0 Å². The number of nitrogens with one attached hydrogen (secondary N) is 2. The second-order valence-corrected chi connectivity index (χ2v) is 6.75. The van der Waals surface area contributed by atoms with Crippen LogP contribution in [0.1, 0.15) is 32.2 Å². The summed E-state index contributed by atoms with van der Waals surface area (Å²) in [6.45, 7) is 8.24. The lowest BCUT2D eigenvalue weighted by Crippen LogP contribution is -2.19. The summed E-state index contributed by atoms with van der Waals surface area (Å²) >= 11 is 3.53. The van der Waals surface area contributed by atoms with Crippen molar-refractivity contribution in [2.75, 3.05) is 10.7 Å². The van der Waals surface area contributed by atoms with Crippen molar-refractivity contribution in [3.05, 3.63) is 40.1 Å². The first-order valence-corrected chi connectivity index (χ1v) is 7.49. The first-order chi connectivity index (χ1) is 9.81. The van der Waals surface area contributed by atoms with Crippen molar-refractivity contribution >= 4 is 33.3 Å². The quantitative estimate of drug-likeness (QED) is 0.579. The normalized spacial score (nSPS) is 11.3. The molecule has 112 valence electrons. The Bertz CT molecular complexity index is 649. The largest absolute Gasteiger partial charge is 0.340 e. The molecule has 1 aromatic heterocycles. The Morgan fingerprint density at radius 3 is 2.43 bits per heavy atom. The zero-order chi connectivity index (χ0) is 15.6. The minimum absolute atomic E-state index is 0.157. The summed E-state index contributed by atoms with van der Waals surface area (Å²) in [6.07, 6.45) is 0. The Labute approximate surface area is 133 Å². The number of aromatic nitrogens is 2. The van der Waals surface area contributed by atoms with E-state index >= 15 is 0 Å². The van der Waals surface area contributed by atoms with E-state index in [4.69, 9.17) is 5.84 Å². The number of nitrogens with two attached hydrogens (primary N) is 1. The summed E-state index contributed by atoms with van der Waals surface area (Å²) in [4.78, 5) is 8.99. The van der Waals surface area contributed by atoms with Crippen molar-refractivity contribution in [2.24, 2.45) is 5.84 Å². The van der Waals surface area contributed by atoms with Crippen molar-refractivity contribution in [1.82, 2.24) is 9.97 Å². The number of hydrazine groups is 1. The van der Waals surface area contributed by atoms with Crippen LogP contribution < -0.4 is 16.6 Å². The molecule has 0 unspecified atom stereocenters. The van der Waals surface area contributed by atoms with Gasteiger partial charge in [-0.2, -0.15) is 0 Å². The lowest BCUT2D eigenvalue weighted by Gasteiger charge is -2.19. The molecular weight excluding hydrogens is 330 g/mol. The minimum Gasteiger partial charge on any atom is -0.340 e. The number of nitrogens with zero attached hydrogens (tertiary/aromatic N) is 2. The predicted molar refractivity (Wildman–Crippen MR) is 90.7 cm³/mol. The zero-order valence-electron chi connectivity index (χ0n) is 12.7. The lowest BCUT2D eigenvalue weighted by atomic mass is 9.96. The van der Waals surface area contributed by atoms with Crippen LogP contribution in [-0.2, 0) is 5.41 Å². The van der Waals surface area contributed by atoms with Crippen LogP contribution in [0.2, 0.25) is 0 Å². The number of rotatable bonds is 3. The van der Waals surface area contributed by atoms with Crippen molar-refractivity contribution in [3.63, 3.8) is 0 Å². The van der Waals surface area contributed by atoms with Crippen LogP contribution in [0.3, 0.4) is 0 Å². The standard InChI is InChI=1S/C15H20BrN5/c1-9-10(16)6-5-7-11(9)18-12-8-13(21-17)20-14(19-12)15(2,3)4/h5-8H,17H2,1-4H3,(H2,18,19,20,21). The second kappa shape index (κ2) is 5.99. The van der Waals surface area contributed by atoms with E-state index in [2.05, 4.69) is 57.4 Å². The third-order valence-corrected chi connectivity index (χ3v) is 3.93. The number of anilines is 3.